The third-order valence-electron chi connectivity index (χ3n) is 6.30. The molecule has 2 aromatic rings. The Balaban J connectivity index is 2.12. The van der Waals surface area contributed by atoms with E-state index in [4.69, 9.17) is 0 Å². The molecule has 154 valence electrons. The molecule has 0 aromatic heterocycles. The third kappa shape index (κ3) is 5.87. The Morgan fingerprint density at radius 3 is 1.96 bits per heavy atom. The van der Waals surface area contributed by atoms with Gasteiger partial charge in [-0.05, 0) is 36.0 Å². The Labute approximate surface area is 173 Å². The molecule has 2 rings (SSSR count). The van der Waals surface area contributed by atoms with Crippen LogP contribution in [0.4, 0.5) is 0 Å². The van der Waals surface area contributed by atoms with E-state index in [1.54, 1.807) is 6.07 Å². The lowest BCUT2D eigenvalue weighted by Gasteiger charge is -2.31. The SMILES string of the molecule is CCCCCCCCCC(CC)c1ccccc1C(C)(C)c1ccccc1O. The second-order valence-corrected chi connectivity index (χ2v) is 8.74. The molecule has 0 radical (unpaired) electrons. The standard InChI is InChI=1S/C27H40O/c1-5-7-8-9-10-11-12-17-22(6-2)23-18-13-14-19-24(23)27(3,4)25-20-15-16-21-26(25)28/h13-16,18-22,28H,5-12,17H2,1-4H3. The van der Waals surface area contributed by atoms with Gasteiger partial charge in [0, 0.05) is 11.0 Å². The fraction of sp³-hybridized carbons (Fsp3) is 0.556. The second kappa shape index (κ2) is 11.3. The highest BCUT2D eigenvalue weighted by atomic mass is 16.3. The van der Waals surface area contributed by atoms with Gasteiger partial charge in [-0.25, -0.2) is 0 Å². The molecule has 0 spiro atoms. The van der Waals surface area contributed by atoms with Crippen LogP contribution in [0.3, 0.4) is 0 Å². The van der Waals surface area contributed by atoms with Crippen LogP contribution in [-0.2, 0) is 5.41 Å². The van der Waals surface area contributed by atoms with Gasteiger partial charge in [0.05, 0.1) is 0 Å². The summed E-state index contributed by atoms with van der Waals surface area (Å²) in [4.78, 5) is 0. The number of unbranched alkanes of at least 4 members (excludes halogenated alkanes) is 6. The highest BCUT2D eigenvalue weighted by Crippen LogP contribution is 2.41. The molecule has 0 saturated heterocycles. The van der Waals surface area contributed by atoms with E-state index in [0.717, 1.165) is 5.56 Å². The number of phenolic OH excluding ortho intramolecular Hbond substituents is 1. The quantitative estimate of drug-likeness (QED) is 0.367. The van der Waals surface area contributed by atoms with Crippen LogP contribution in [0.5, 0.6) is 5.75 Å². The Hall–Kier alpha value is -1.76. The van der Waals surface area contributed by atoms with Crippen LogP contribution in [0.1, 0.15) is 108 Å². The van der Waals surface area contributed by atoms with Crippen molar-refractivity contribution in [1.29, 1.82) is 0 Å². The maximum atomic E-state index is 10.5. The van der Waals surface area contributed by atoms with Gasteiger partial charge in [0.2, 0.25) is 0 Å². The second-order valence-electron chi connectivity index (χ2n) is 8.74. The Bertz CT molecular complexity index is 701. The summed E-state index contributed by atoms with van der Waals surface area (Å²) in [5, 5.41) is 10.5. The van der Waals surface area contributed by atoms with Crippen LogP contribution < -0.4 is 0 Å². The third-order valence-corrected chi connectivity index (χ3v) is 6.30. The zero-order chi connectivity index (χ0) is 20.4. The molecular weight excluding hydrogens is 340 g/mol. The van der Waals surface area contributed by atoms with Crippen molar-refractivity contribution < 1.29 is 5.11 Å². The van der Waals surface area contributed by atoms with Crippen molar-refractivity contribution in [1.82, 2.24) is 0 Å². The van der Waals surface area contributed by atoms with Crippen LogP contribution in [-0.4, -0.2) is 5.11 Å². The fourth-order valence-corrected chi connectivity index (χ4v) is 4.50. The summed E-state index contributed by atoms with van der Waals surface area (Å²) in [7, 11) is 0. The number of phenols is 1. The highest BCUT2D eigenvalue weighted by Gasteiger charge is 2.29. The first kappa shape index (κ1) is 22.5. The molecule has 1 atom stereocenters. The minimum atomic E-state index is -0.213. The van der Waals surface area contributed by atoms with E-state index in [1.807, 2.05) is 12.1 Å². The van der Waals surface area contributed by atoms with Gasteiger partial charge in [0.25, 0.3) is 0 Å². The minimum absolute atomic E-state index is 0.213. The predicted molar refractivity (Wildman–Crippen MR) is 122 cm³/mol. The first-order valence-electron chi connectivity index (χ1n) is 11.4. The number of hydrogen-bond acceptors (Lipinski definition) is 1. The summed E-state index contributed by atoms with van der Waals surface area (Å²) < 4.78 is 0. The number of rotatable bonds is 12. The monoisotopic (exact) mass is 380 g/mol. The van der Waals surface area contributed by atoms with Crippen molar-refractivity contribution in [2.75, 3.05) is 0 Å². The average molecular weight is 381 g/mol. The zero-order valence-corrected chi connectivity index (χ0v) is 18.5. The topological polar surface area (TPSA) is 20.2 Å². The number of para-hydroxylation sites is 1. The molecule has 0 aliphatic heterocycles. The Morgan fingerprint density at radius 2 is 1.32 bits per heavy atom. The number of hydrogen-bond donors (Lipinski definition) is 1. The Morgan fingerprint density at radius 1 is 0.750 bits per heavy atom. The van der Waals surface area contributed by atoms with E-state index in [1.165, 1.54) is 68.9 Å². The lowest BCUT2D eigenvalue weighted by atomic mass is 9.72. The van der Waals surface area contributed by atoms with Crippen molar-refractivity contribution in [3.8, 4) is 5.75 Å². The van der Waals surface area contributed by atoms with Crippen LogP contribution in [0, 0.1) is 0 Å². The summed E-state index contributed by atoms with van der Waals surface area (Å²) in [6, 6.07) is 16.7. The zero-order valence-electron chi connectivity index (χ0n) is 18.5. The van der Waals surface area contributed by atoms with Crippen molar-refractivity contribution >= 4 is 0 Å². The summed E-state index contributed by atoms with van der Waals surface area (Å²) in [5.74, 6) is 0.986. The minimum Gasteiger partial charge on any atom is -0.508 e. The van der Waals surface area contributed by atoms with E-state index < -0.39 is 0 Å². The predicted octanol–water partition coefficient (Wildman–Crippen LogP) is 8.35. The Kier molecular flexibility index (Phi) is 9.09. The van der Waals surface area contributed by atoms with Gasteiger partial charge in [0.15, 0.2) is 0 Å². The molecule has 0 aliphatic rings. The normalized spacial score (nSPS) is 12.9. The van der Waals surface area contributed by atoms with Crippen molar-refractivity contribution in [2.45, 2.75) is 96.8 Å². The van der Waals surface area contributed by atoms with Crippen LogP contribution in [0.25, 0.3) is 0 Å². The van der Waals surface area contributed by atoms with Gasteiger partial charge >= 0.3 is 0 Å². The van der Waals surface area contributed by atoms with Gasteiger partial charge < -0.3 is 5.11 Å². The van der Waals surface area contributed by atoms with Crippen molar-refractivity contribution in [3.05, 3.63) is 65.2 Å². The highest BCUT2D eigenvalue weighted by molar-refractivity contribution is 5.48. The first-order chi connectivity index (χ1) is 13.5. The molecule has 1 unspecified atom stereocenters. The molecule has 2 aromatic carbocycles. The molecular formula is C27H40O. The lowest BCUT2D eigenvalue weighted by Crippen LogP contribution is -2.22. The van der Waals surface area contributed by atoms with E-state index in [9.17, 15) is 5.11 Å². The van der Waals surface area contributed by atoms with Gasteiger partial charge in [0.1, 0.15) is 5.75 Å². The van der Waals surface area contributed by atoms with E-state index in [-0.39, 0.29) is 5.41 Å². The number of aromatic hydroxyl groups is 1. The number of benzene rings is 2. The van der Waals surface area contributed by atoms with Gasteiger partial charge in [-0.3, -0.25) is 0 Å². The molecule has 0 bridgehead atoms. The molecule has 1 heteroatoms. The molecule has 1 nitrogen and oxygen atoms in total. The summed E-state index contributed by atoms with van der Waals surface area (Å²) in [6.07, 6.45) is 12.0. The van der Waals surface area contributed by atoms with E-state index >= 15 is 0 Å². The van der Waals surface area contributed by atoms with Crippen LogP contribution in [0.15, 0.2) is 48.5 Å². The molecule has 0 heterocycles. The van der Waals surface area contributed by atoms with Crippen LogP contribution in [0.2, 0.25) is 0 Å². The van der Waals surface area contributed by atoms with Crippen LogP contribution >= 0.6 is 0 Å². The first-order valence-corrected chi connectivity index (χ1v) is 11.4. The molecule has 0 amide bonds. The smallest absolute Gasteiger partial charge is 0.119 e. The maximum Gasteiger partial charge on any atom is 0.119 e. The molecule has 1 N–H and O–H groups in total. The van der Waals surface area contributed by atoms with Crippen molar-refractivity contribution in [3.63, 3.8) is 0 Å². The van der Waals surface area contributed by atoms with E-state index in [2.05, 4.69) is 58.0 Å². The van der Waals surface area contributed by atoms with Gasteiger partial charge in [-0.15, -0.1) is 0 Å². The van der Waals surface area contributed by atoms with Gasteiger partial charge in [-0.2, -0.15) is 0 Å². The van der Waals surface area contributed by atoms with Gasteiger partial charge in [-0.1, -0.05) is 115 Å². The van der Waals surface area contributed by atoms with Crippen molar-refractivity contribution in [2.24, 2.45) is 0 Å². The average Bonchev–Trinajstić information content (AvgIpc) is 2.70. The fourth-order valence-electron chi connectivity index (χ4n) is 4.50. The molecule has 0 saturated carbocycles. The van der Waals surface area contributed by atoms with E-state index in [0.29, 0.717) is 11.7 Å². The largest absolute Gasteiger partial charge is 0.508 e. The molecule has 0 fully saturated rings. The lowest BCUT2D eigenvalue weighted by molar-refractivity contribution is 0.451. The summed E-state index contributed by atoms with van der Waals surface area (Å²) in [6.45, 7) is 9.07. The molecule has 28 heavy (non-hydrogen) atoms. The molecule has 0 aliphatic carbocycles. The summed E-state index contributed by atoms with van der Waals surface area (Å²) in [5.41, 5.74) is 3.61. The summed E-state index contributed by atoms with van der Waals surface area (Å²) >= 11 is 0. The maximum absolute atomic E-state index is 10.5.